The van der Waals surface area contributed by atoms with Gasteiger partial charge in [0.1, 0.15) is 24.6 Å². The van der Waals surface area contributed by atoms with Gasteiger partial charge in [-0.05, 0) is 24.9 Å². The van der Waals surface area contributed by atoms with Gasteiger partial charge in [0.25, 0.3) is 0 Å². The molecule has 2 aromatic heterocycles. The van der Waals surface area contributed by atoms with Crippen molar-refractivity contribution in [2.24, 2.45) is 5.73 Å². The number of phosphoric acid groups is 3. The minimum atomic E-state index is -5.68. The Morgan fingerprint density at radius 2 is 1.58 bits per heavy atom. The molecule has 22 heteroatoms. The van der Waals surface area contributed by atoms with Crippen LogP contribution in [0.4, 0.5) is 5.82 Å². The largest absolute Gasteiger partial charge is 0.490 e. The molecule has 19 nitrogen and oxygen atoms in total. The number of benzene rings is 1. The molecule has 0 bridgehead atoms. The average Bonchev–Trinajstić information content (AvgIpc) is 3.52. The summed E-state index contributed by atoms with van der Waals surface area (Å²) >= 11 is 0. The lowest BCUT2D eigenvalue weighted by Gasteiger charge is -2.20. The quantitative estimate of drug-likeness (QED) is 0.0739. The molecule has 0 aliphatic carbocycles. The van der Waals surface area contributed by atoms with E-state index in [0.717, 1.165) is 18.4 Å². The number of hydrogen-bond donors (Lipinski definition) is 7. The van der Waals surface area contributed by atoms with Gasteiger partial charge in [-0.25, -0.2) is 28.6 Å². The van der Waals surface area contributed by atoms with Crippen molar-refractivity contribution in [3.63, 3.8) is 0 Å². The van der Waals surface area contributed by atoms with Crippen molar-refractivity contribution < 1.29 is 61.0 Å². The zero-order chi connectivity index (χ0) is 32.7. The third kappa shape index (κ3) is 10.2. The van der Waals surface area contributed by atoms with E-state index >= 15 is 0 Å². The van der Waals surface area contributed by atoms with E-state index in [0.29, 0.717) is 37.3 Å². The van der Waals surface area contributed by atoms with E-state index in [1.807, 2.05) is 30.3 Å². The maximum atomic E-state index is 12.3. The number of phosphoric ester groups is 2. The van der Waals surface area contributed by atoms with E-state index in [1.165, 1.54) is 17.2 Å². The van der Waals surface area contributed by atoms with Gasteiger partial charge in [0.05, 0.1) is 19.5 Å². The van der Waals surface area contributed by atoms with Crippen LogP contribution in [-0.2, 0) is 42.6 Å². The first-order valence-corrected chi connectivity index (χ1v) is 18.2. The van der Waals surface area contributed by atoms with Gasteiger partial charge in [-0.3, -0.25) is 13.6 Å². The predicted molar refractivity (Wildman–Crippen MR) is 156 cm³/mol. The van der Waals surface area contributed by atoms with Crippen LogP contribution in [0.3, 0.4) is 0 Å². The van der Waals surface area contributed by atoms with E-state index in [1.54, 1.807) is 0 Å². The standard InChI is InChI=1S/C23H35N6O13P3/c24-10-6-1-2-7-11-38-43(32,33)41-45(36,37)42-44(34,35)39-13-17-19(30)20(31)23(40-17)29-15-28-18-21(26-14-27-22(18)29)25-12-16-8-4-3-5-9-16/h3-5,8-9,14-15,17,19-20,23,30-31H,1-2,6-7,10-13,24H2,(H,32,33)(H,34,35)(H,36,37)(H,25,26,27)/t17-,19-,20-,23-/m1/s1. The maximum absolute atomic E-state index is 12.3. The van der Waals surface area contributed by atoms with Gasteiger partial charge in [0.2, 0.25) is 0 Å². The molecular weight excluding hydrogens is 661 g/mol. The molecule has 7 atom stereocenters. The molecule has 3 aromatic rings. The van der Waals surface area contributed by atoms with Crippen LogP contribution in [-0.4, -0.2) is 82.5 Å². The third-order valence-corrected chi connectivity index (χ3v) is 10.7. The molecule has 1 fully saturated rings. The van der Waals surface area contributed by atoms with E-state index in [9.17, 15) is 38.6 Å². The SMILES string of the molecule is NCCCCCCOP(=O)(O)OP(=O)(O)OP(=O)(O)OC[C@H]1O[C@@H](n2cnc3c(NCc4ccccc4)ncnc32)[C@H](O)[C@@H]1O. The fourth-order valence-electron chi connectivity index (χ4n) is 4.32. The molecule has 8 N–H and O–H groups in total. The Balaban J connectivity index is 1.33. The number of nitrogens with zero attached hydrogens (tertiary/aromatic N) is 4. The first kappa shape index (κ1) is 35.7. The van der Waals surface area contributed by atoms with Crippen LogP contribution in [0.25, 0.3) is 11.2 Å². The summed E-state index contributed by atoms with van der Waals surface area (Å²) < 4.78 is 60.8. The molecule has 1 aromatic carbocycles. The Kier molecular flexibility index (Phi) is 12.4. The van der Waals surface area contributed by atoms with Gasteiger partial charge in [-0.2, -0.15) is 8.62 Å². The van der Waals surface area contributed by atoms with E-state index < -0.39 is 54.6 Å². The number of fused-ring (bicyclic) bond motifs is 1. The minimum absolute atomic E-state index is 0.235. The van der Waals surface area contributed by atoms with E-state index in [-0.39, 0.29) is 12.3 Å². The number of hydrogen-bond acceptors (Lipinski definition) is 15. The second-order valence-corrected chi connectivity index (χ2v) is 14.5. The normalized spacial score (nSPS) is 24.2. The van der Waals surface area contributed by atoms with Gasteiger partial charge < -0.3 is 40.7 Å². The topological polar surface area (TPSA) is 280 Å². The molecule has 0 radical (unpaired) electrons. The lowest BCUT2D eigenvalue weighted by Crippen LogP contribution is -2.33. The Labute approximate surface area is 257 Å². The van der Waals surface area contributed by atoms with Crippen LogP contribution in [0.15, 0.2) is 43.0 Å². The smallest absolute Gasteiger partial charge is 0.387 e. The molecule has 45 heavy (non-hydrogen) atoms. The monoisotopic (exact) mass is 696 g/mol. The molecule has 3 unspecified atom stereocenters. The zero-order valence-corrected chi connectivity index (χ0v) is 26.4. The van der Waals surface area contributed by atoms with E-state index in [4.69, 9.17) is 10.5 Å². The van der Waals surface area contributed by atoms with Crippen LogP contribution in [0.2, 0.25) is 0 Å². The van der Waals surface area contributed by atoms with Gasteiger partial charge in [-0.15, -0.1) is 0 Å². The highest BCUT2D eigenvalue weighted by Gasteiger charge is 2.47. The second-order valence-electron chi connectivity index (χ2n) is 9.83. The van der Waals surface area contributed by atoms with Crippen molar-refractivity contribution in [2.75, 3.05) is 25.1 Å². The number of nitrogens with two attached hydrogens (primary N) is 1. The summed E-state index contributed by atoms with van der Waals surface area (Å²) in [5.41, 5.74) is 6.93. The number of imidazole rings is 1. The van der Waals surface area contributed by atoms with Crippen molar-refractivity contribution in [1.82, 2.24) is 19.5 Å². The van der Waals surface area contributed by atoms with E-state index in [2.05, 4.69) is 37.9 Å². The lowest BCUT2D eigenvalue weighted by atomic mass is 10.1. The number of aromatic nitrogens is 4. The van der Waals surface area contributed by atoms with Gasteiger partial charge in [-0.1, -0.05) is 43.2 Å². The number of aliphatic hydroxyl groups is 2. The Morgan fingerprint density at radius 3 is 2.29 bits per heavy atom. The Morgan fingerprint density at radius 1 is 0.889 bits per heavy atom. The highest BCUT2D eigenvalue weighted by atomic mass is 31.3. The number of unbranched alkanes of at least 4 members (excludes halogenated alkanes) is 3. The number of nitrogens with one attached hydrogen (secondary N) is 1. The molecule has 0 saturated carbocycles. The number of anilines is 1. The maximum Gasteiger partial charge on any atom is 0.490 e. The summed E-state index contributed by atoms with van der Waals surface area (Å²) in [6.45, 7) is -0.316. The molecule has 4 rings (SSSR count). The van der Waals surface area contributed by atoms with Gasteiger partial charge in [0, 0.05) is 6.54 Å². The number of ether oxygens (including phenoxy) is 1. The summed E-state index contributed by atoms with van der Waals surface area (Å²) in [7, 11) is -16.3. The number of rotatable bonds is 18. The lowest BCUT2D eigenvalue weighted by molar-refractivity contribution is -0.0503. The predicted octanol–water partition coefficient (Wildman–Crippen LogP) is 1.94. The van der Waals surface area contributed by atoms with Crippen molar-refractivity contribution >= 4 is 40.4 Å². The summed E-state index contributed by atoms with van der Waals surface area (Å²) in [5, 5.41) is 24.4. The van der Waals surface area contributed by atoms with Gasteiger partial charge in [0.15, 0.2) is 23.2 Å². The summed E-state index contributed by atoms with van der Waals surface area (Å²) in [4.78, 5) is 42.1. The summed E-state index contributed by atoms with van der Waals surface area (Å²) in [5.74, 6) is 0.393. The van der Waals surface area contributed by atoms with Gasteiger partial charge >= 0.3 is 23.5 Å². The zero-order valence-electron chi connectivity index (χ0n) is 23.7. The van der Waals surface area contributed by atoms with Crippen LogP contribution in [0.1, 0.15) is 37.5 Å². The summed E-state index contributed by atoms with van der Waals surface area (Å²) in [6.07, 6.45) is -1.03. The fraction of sp³-hybridized carbons (Fsp3) is 0.522. The molecule has 1 aliphatic rings. The molecule has 0 amide bonds. The van der Waals surface area contributed by atoms with Crippen LogP contribution in [0, 0.1) is 0 Å². The molecule has 0 spiro atoms. The second kappa shape index (κ2) is 15.6. The minimum Gasteiger partial charge on any atom is -0.387 e. The molecule has 3 heterocycles. The van der Waals surface area contributed by atoms with Crippen molar-refractivity contribution in [3.05, 3.63) is 48.5 Å². The first-order valence-electron chi connectivity index (χ1n) is 13.7. The third-order valence-electron chi connectivity index (χ3n) is 6.44. The average molecular weight is 696 g/mol. The Hall–Kier alpha value is -2.18. The Bertz CT molecular complexity index is 1550. The first-order chi connectivity index (χ1) is 21.3. The molecule has 1 aliphatic heterocycles. The summed E-state index contributed by atoms with van der Waals surface area (Å²) in [6, 6.07) is 9.52. The highest BCUT2D eigenvalue weighted by molar-refractivity contribution is 7.66. The number of aliphatic hydroxyl groups excluding tert-OH is 2. The van der Waals surface area contributed by atoms with Crippen molar-refractivity contribution in [2.45, 2.75) is 56.8 Å². The van der Waals surface area contributed by atoms with Crippen molar-refractivity contribution in [3.8, 4) is 0 Å². The van der Waals surface area contributed by atoms with Crippen molar-refractivity contribution in [1.29, 1.82) is 0 Å². The fourth-order valence-corrected chi connectivity index (χ4v) is 7.86. The molecular formula is C23H35N6O13P3. The van der Waals surface area contributed by atoms with Crippen LogP contribution in [0.5, 0.6) is 0 Å². The molecule has 250 valence electrons. The van der Waals surface area contributed by atoms with Crippen LogP contribution >= 0.6 is 23.5 Å². The van der Waals surface area contributed by atoms with Crippen LogP contribution < -0.4 is 11.1 Å². The highest BCUT2D eigenvalue weighted by Crippen LogP contribution is 2.67. The molecule has 1 saturated heterocycles.